The number of nitrogens with one attached hydrogen (secondary N) is 1. The number of carbonyl (C=O) groups excluding carboxylic acids is 1. The Hall–Kier alpha value is -0.990. The summed E-state index contributed by atoms with van der Waals surface area (Å²) >= 11 is 11.6. The van der Waals surface area contributed by atoms with Gasteiger partial charge in [0.15, 0.2) is 0 Å². The molecular weight excluding hydrogens is 233 g/mol. The molecule has 1 N–H and O–H groups in total. The Morgan fingerprint density at radius 1 is 1.40 bits per heavy atom. The van der Waals surface area contributed by atoms with E-state index < -0.39 is 0 Å². The van der Waals surface area contributed by atoms with Crippen LogP contribution in [0.3, 0.4) is 0 Å². The van der Waals surface area contributed by atoms with E-state index in [9.17, 15) is 4.79 Å². The van der Waals surface area contributed by atoms with Crippen molar-refractivity contribution in [3.63, 3.8) is 0 Å². The lowest BCUT2D eigenvalue weighted by Gasteiger charge is -1.98. The van der Waals surface area contributed by atoms with E-state index in [1.54, 1.807) is 24.3 Å². The van der Waals surface area contributed by atoms with Gasteiger partial charge in [0.2, 0.25) is 5.91 Å². The molecule has 0 aliphatic heterocycles. The minimum Gasteiger partial charge on any atom is -0.353 e. The van der Waals surface area contributed by atoms with Gasteiger partial charge in [0.1, 0.15) is 0 Å². The Labute approximate surface area is 98.9 Å². The molecule has 0 bridgehead atoms. The van der Waals surface area contributed by atoms with Gasteiger partial charge in [0.05, 0.1) is 10.0 Å². The summed E-state index contributed by atoms with van der Waals surface area (Å²) in [7, 11) is 0. The zero-order chi connectivity index (χ0) is 11.3. The van der Waals surface area contributed by atoms with Crippen LogP contribution in [0.2, 0.25) is 10.0 Å². The third kappa shape index (κ3) is 3.94. The Morgan fingerprint density at radius 3 is 2.73 bits per heavy atom. The van der Waals surface area contributed by atoms with Crippen molar-refractivity contribution < 1.29 is 4.79 Å². The van der Waals surface area contributed by atoms with E-state index in [0.717, 1.165) is 5.56 Å². The van der Waals surface area contributed by atoms with E-state index >= 15 is 0 Å². The monoisotopic (exact) mass is 243 g/mol. The molecule has 1 amide bonds. The lowest BCUT2D eigenvalue weighted by atomic mass is 10.2. The number of likely N-dealkylation sites (N-methyl/N-ethyl adjacent to an activating group) is 1. The molecule has 0 heterocycles. The normalized spacial score (nSPS) is 10.6. The van der Waals surface area contributed by atoms with Crippen molar-refractivity contribution in [2.45, 2.75) is 6.92 Å². The fraction of sp³-hybridized carbons (Fsp3) is 0.182. The van der Waals surface area contributed by atoms with E-state index in [1.807, 2.05) is 6.92 Å². The molecule has 0 saturated heterocycles. The second-order valence-corrected chi connectivity index (χ2v) is 3.72. The maximum absolute atomic E-state index is 11.1. The van der Waals surface area contributed by atoms with Gasteiger partial charge in [-0.25, -0.2) is 0 Å². The quantitative estimate of drug-likeness (QED) is 0.813. The van der Waals surface area contributed by atoms with Gasteiger partial charge in [-0.05, 0) is 30.7 Å². The third-order valence-electron chi connectivity index (χ3n) is 1.72. The van der Waals surface area contributed by atoms with Crippen LogP contribution in [-0.2, 0) is 4.79 Å². The molecule has 0 saturated carbocycles. The Kier molecular flexibility index (Phi) is 4.66. The average Bonchev–Trinajstić information content (AvgIpc) is 2.20. The van der Waals surface area contributed by atoms with Crippen LogP contribution < -0.4 is 5.32 Å². The van der Waals surface area contributed by atoms with Crippen LogP contribution in [0.5, 0.6) is 0 Å². The fourth-order valence-electron chi connectivity index (χ4n) is 1.02. The first-order valence-electron chi connectivity index (χ1n) is 4.54. The highest BCUT2D eigenvalue weighted by molar-refractivity contribution is 6.42. The van der Waals surface area contributed by atoms with E-state index in [1.165, 1.54) is 6.08 Å². The molecule has 0 aliphatic rings. The zero-order valence-electron chi connectivity index (χ0n) is 8.26. The molecule has 2 nitrogen and oxygen atoms in total. The van der Waals surface area contributed by atoms with Gasteiger partial charge in [0, 0.05) is 12.6 Å². The second kappa shape index (κ2) is 5.79. The molecule has 80 valence electrons. The van der Waals surface area contributed by atoms with E-state index in [2.05, 4.69) is 5.32 Å². The SMILES string of the molecule is CCNC(=O)C=Cc1ccc(Cl)c(Cl)c1. The standard InChI is InChI=1S/C11H11Cl2NO/c1-2-14-11(15)6-4-8-3-5-9(12)10(13)7-8/h3-7H,2H2,1H3,(H,14,15). The third-order valence-corrected chi connectivity index (χ3v) is 2.46. The van der Waals surface area contributed by atoms with Crippen molar-refractivity contribution in [2.24, 2.45) is 0 Å². The van der Waals surface area contributed by atoms with E-state index in [-0.39, 0.29) is 5.91 Å². The molecule has 0 atom stereocenters. The maximum Gasteiger partial charge on any atom is 0.243 e. The van der Waals surface area contributed by atoms with Crippen molar-refractivity contribution in [1.29, 1.82) is 0 Å². The van der Waals surface area contributed by atoms with Crippen LogP contribution in [0.25, 0.3) is 6.08 Å². The topological polar surface area (TPSA) is 29.1 Å². The summed E-state index contributed by atoms with van der Waals surface area (Å²) in [4.78, 5) is 11.1. The second-order valence-electron chi connectivity index (χ2n) is 2.90. The summed E-state index contributed by atoms with van der Waals surface area (Å²) in [5.41, 5.74) is 0.843. The molecule has 1 aromatic rings. The van der Waals surface area contributed by atoms with Crippen LogP contribution in [0, 0.1) is 0 Å². The minimum atomic E-state index is -0.122. The highest BCUT2D eigenvalue weighted by Crippen LogP contribution is 2.22. The molecule has 0 radical (unpaired) electrons. The van der Waals surface area contributed by atoms with Gasteiger partial charge in [0.25, 0.3) is 0 Å². The zero-order valence-corrected chi connectivity index (χ0v) is 9.77. The largest absolute Gasteiger partial charge is 0.353 e. The van der Waals surface area contributed by atoms with Crippen LogP contribution in [0.1, 0.15) is 12.5 Å². The van der Waals surface area contributed by atoms with Gasteiger partial charge in [-0.15, -0.1) is 0 Å². The molecule has 0 aromatic heterocycles. The molecule has 0 spiro atoms. The molecule has 1 aromatic carbocycles. The van der Waals surface area contributed by atoms with Gasteiger partial charge in [-0.2, -0.15) is 0 Å². The first kappa shape index (κ1) is 12.1. The van der Waals surface area contributed by atoms with Crippen molar-refractivity contribution in [1.82, 2.24) is 5.32 Å². The number of carbonyl (C=O) groups is 1. The highest BCUT2D eigenvalue weighted by Gasteiger charge is 1.97. The van der Waals surface area contributed by atoms with Crippen molar-refractivity contribution in [3.05, 3.63) is 39.9 Å². The molecule has 0 fully saturated rings. The van der Waals surface area contributed by atoms with Crippen molar-refractivity contribution in [2.75, 3.05) is 6.54 Å². The molecule has 0 unspecified atom stereocenters. The van der Waals surface area contributed by atoms with Crippen molar-refractivity contribution in [3.8, 4) is 0 Å². The number of amides is 1. The predicted octanol–water partition coefficient (Wildman–Crippen LogP) is 3.14. The van der Waals surface area contributed by atoms with Crippen molar-refractivity contribution >= 4 is 35.2 Å². The van der Waals surface area contributed by atoms with Gasteiger partial charge in [-0.1, -0.05) is 29.3 Å². The number of rotatable bonds is 3. The summed E-state index contributed by atoms with van der Waals surface area (Å²) in [6, 6.07) is 5.20. The van der Waals surface area contributed by atoms with Gasteiger partial charge >= 0.3 is 0 Å². The average molecular weight is 244 g/mol. The Balaban J connectivity index is 2.72. The molecule has 15 heavy (non-hydrogen) atoms. The molecule has 4 heteroatoms. The van der Waals surface area contributed by atoms with Crippen LogP contribution in [-0.4, -0.2) is 12.5 Å². The number of hydrogen-bond donors (Lipinski definition) is 1. The lowest BCUT2D eigenvalue weighted by molar-refractivity contribution is -0.116. The predicted molar refractivity (Wildman–Crippen MR) is 64.2 cm³/mol. The van der Waals surface area contributed by atoms with Crippen LogP contribution >= 0.6 is 23.2 Å². The number of hydrogen-bond acceptors (Lipinski definition) is 1. The van der Waals surface area contributed by atoms with Gasteiger partial charge in [-0.3, -0.25) is 4.79 Å². The number of benzene rings is 1. The summed E-state index contributed by atoms with van der Waals surface area (Å²) in [5, 5.41) is 3.64. The first-order valence-corrected chi connectivity index (χ1v) is 5.30. The summed E-state index contributed by atoms with van der Waals surface area (Å²) in [6.45, 7) is 2.48. The molecule has 1 rings (SSSR count). The van der Waals surface area contributed by atoms with E-state index in [0.29, 0.717) is 16.6 Å². The Morgan fingerprint density at radius 2 is 2.13 bits per heavy atom. The van der Waals surface area contributed by atoms with Crippen LogP contribution in [0.4, 0.5) is 0 Å². The minimum absolute atomic E-state index is 0.122. The van der Waals surface area contributed by atoms with Crippen LogP contribution in [0.15, 0.2) is 24.3 Å². The summed E-state index contributed by atoms with van der Waals surface area (Å²) in [5.74, 6) is -0.122. The molecular formula is C11H11Cl2NO. The Bertz CT molecular complexity index is 388. The first-order chi connectivity index (χ1) is 7.13. The maximum atomic E-state index is 11.1. The smallest absolute Gasteiger partial charge is 0.243 e. The summed E-state index contributed by atoms with van der Waals surface area (Å²) < 4.78 is 0. The van der Waals surface area contributed by atoms with E-state index in [4.69, 9.17) is 23.2 Å². The van der Waals surface area contributed by atoms with Gasteiger partial charge < -0.3 is 5.32 Å². The summed E-state index contributed by atoms with van der Waals surface area (Å²) in [6.07, 6.45) is 3.15. The number of halogens is 2. The fourth-order valence-corrected chi connectivity index (χ4v) is 1.33. The molecule has 0 aliphatic carbocycles. The lowest BCUT2D eigenvalue weighted by Crippen LogP contribution is -2.19. The highest BCUT2D eigenvalue weighted by atomic mass is 35.5.